The number of pyridine rings is 2. The van der Waals surface area contributed by atoms with Crippen molar-refractivity contribution < 1.29 is 47.4 Å². The summed E-state index contributed by atoms with van der Waals surface area (Å²) in [4.78, 5) is 34.8. The second kappa shape index (κ2) is 16.8. The minimum atomic E-state index is -4.37. The van der Waals surface area contributed by atoms with Crippen molar-refractivity contribution in [3.05, 3.63) is 102 Å². The highest BCUT2D eigenvalue weighted by atomic mass is 32.2. The fourth-order valence-corrected chi connectivity index (χ4v) is 5.55. The van der Waals surface area contributed by atoms with Crippen molar-refractivity contribution in [3.63, 3.8) is 0 Å². The summed E-state index contributed by atoms with van der Waals surface area (Å²) >= 11 is 0. The Kier molecular flexibility index (Phi) is 11.5. The molecular weight excluding hydrogens is 728 g/mol. The molecule has 0 saturated carbocycles. The standard InChI is InChI=1S/C33H30N10O10S/c1-20-7-12-27(35-18-20)54(47,48)40-31-28(53-26-6-4-3-5-25(26)49-2)32(37-29(36-31)23-13-14-34-24(17-23)30-38-41-42-39-30)50-15-16-51-33(44)22-10-8-21(9-11-22)19-52-43(45)46/h3-14,17-18,45-46H,15-16,19H2,1-2H3,(H,36,37,40)(H,38,39,41,42). The molecule has 0 amide bonds. The van der Waals surface area contributed by atoms with Gasteiger partial charge in [0.1, 0.15) is 18.9 Å². The quantitative estimate of drug-likeness (QED) is 0.0622. The van der Waals surface area contributed by atoms with Crippen LogP contribution in [0.1, 0.15) is 21.5 Å². The molecule has 2 aromatic carbocycles. The van der Waals surface area contributed by atoms with E-state index >= 15 is 0 Å². The first-order valence-corrected chi connectivity index (χ1v) is 17.2. The number of H-pyrrole nitrogens is 1. The van der Waals surface area contributed by atoms with Gasteiger partial charge in [-0.15, -0.1) is 10.2 Å². The van der Waals surface area contributed by atoms with E-state index in [4.69, 9.17) is 29.4 Å². The zero-order valence-electron chi connectivity index (χ0n) is 28.4. The highest BCUT2D eigenvalue weighted by molar-refractivity contribution is 7.92. The number of para-hydroxylation sites is 2. The number of esters is 1. The molecule has 0 spiro atoms. The third-order valence-corrected chi connectivity index (χ3v) is 8.44. The van der Waals surface area contributed by atoms with Crippen molar-refractivity contribution in [2.45, 2.75) is 18.6 Å². The number of aromatic nitrogens is 8. The van der Waals surface area contributed by atoms with Crippen LogP contribution in [0.25, 0.3) is 22.9 Å². The maximum atomic E-state index is 13.7. The number of aryl methyl sites for hydroxylation is 1. The number of ether oxygens (including phenoxy) is 4. The summed E-state index contributed by atoms with van der Waals surface area (Å²) < 4.78 is 52.9. The summed E-state index contributed by atoms with van der Waals surface area (Å²) in [7, 11) is -2.93. The van der Waals surface area contributed by atoms with E-state index in [0.29, 0.717) is 22.6 Å². The van der Waals surface area contributed by atoms with E-state index in [9.17, 15) is 13.2 Å². The van der Waals surface area contributed by atoms with Crippen molar-refractivity contribution in [1.82, 2.24) is 45.9 Å². The zero-order chi connectivity index (χ0) is 38.1. The molecular formula is C33H30N10O10S. The monoisotopic (exact) mass is 758 g/mol. The number of hydrogen-bond donors (Lipinski definition) is 4. The van der Waals surface area contributed by atoms with Crippen LogP contribution in [-0.2, 0) is 26.2 Å². The third kappa shape index (κ3) is 9.22. The number of carbonyl (C=O) groups is 1. The van der Waals surface area contributed by atoms with Gasteiger partial charge in [-0.25, -0.2) is 19.6 Å². The second-order valence-electron chi connectivity index (χ2n) is 10.9. The molecule has 21 heteroatoms. The highest BCUT2D eigenvalue weighted by Crippen LogP contribution is 2.41. The molecule has 278 valence electrons. The molecule has 0 fully saturated rings. The Hall–Kier alpha value is -6.65. The lowest BCUT2D eigenvalue weighted by atomic mass is 10.1. The number of methoxy groups -OCH3 is 1. The van der Waals surface area contributed by atoms with E-state index in [2.05, 4.69) is 50.1 Å². The van der Waals surface area contributed by atoms with E-state index in [1.807, 2.05) is 0 Å². The minimum Gasteiger partial charge on any atom is -0.493 e. The molecule has 20 nitrogen and oxygen atoms in total. The smallest absolute Gasteiger partial charge is 0.338 e. The van der Waals surface area contributed by atoms with Gasteiger partial charge in [0.2, 0.25) is 11.6 Å². The van der Waals surface area contributed by atoms with Crippen LogP contribution in [0.3, 0.4) is 0 Å². The minimum absolute atomic E-state index is 0.0225. The molecule has 0 bridgehead atoms. The molecule has 0 unspecified atom stereocenters. The fraction of sp³-hybridized carbons (Fsp3) is 0.152. The molecule has 6 aromatic rings. The number of nitrogens with zero attached hydrogens (tertiary/aromatic N) is 8. The van der Waals surface area contributed by atoms with Gasteiger partial charge in [0, 0.05) is 18.0 Å². The number of benzene rings is 2. The third-order valence-electron chi connectivity index (χ3n) is 7.19. The Labute approximate surface area is 306 Å². The van der Waals surface area contributed by atoms with Crippen molar-refractivity contribution in [2.24, 2.45) is 0 Å². The first-order valence-electron chi connectivity index (χ1n) is 15.7. The normalized spacial score (nSPS) is 11.3. The maximum Gasteiger partial charge on any atom is 0.338 e. The topological polar surface area (TPSA) is 259 Å². The molecule has 4 aromatic heterocycles. The molecule has 6 rings (SSSR count). The molecule has 0 aliphatic heterocycles. The van der Waals surface area contributed by atoms with Gasteiger partial charge in [0.15, 0.2) is 28.2 Å². The van der Waals surface area contributed by atoms with Crippen LogP contribution in [0.5, 0.6) is 23.1 Å². The average Bonchev–Trinajstić information content (AvgIpc) is 3.73. The Morgan fingerprint density at radius 1 is 0.944 bits per heavy atom. The molecule has 0 aliphatic rings. The zero-order valence-corrected chi connectivity index (χ0v) is 29.2. The van der Waals surface area contributed by atoms with Crippen LogP contribution in [-0.4, -0.2) is 91.1 Å². The highest BCUT2D eigenvalue weighted by Gasteiger charge is 2.26. The Morgan fingerprint density at radius 3 is 2.44 bits per heavy atom. The van der Waals surface area contributed by atoms with Crippen LogP contribution in [0, 0.1) is 6.92 Å². The number of anilines is 1. The Balaban J connectivity index is 1.35. The number of tetrazole rings is 1. The fourth-order valence-electron chi connectivity index (χ4n) is 4.61. The molecule has 4 heterocycles. The molecule has 0 saturated heterocycles. The molecule has 4 N–H and O–H groups in total. The summed E-state index contributed by atoms with van der Waals surface area (Å²) in [6, 6.07) is 18.7. The SMILES string of the molecule is COc1ccccc1Oc1c(NS(=O)(=O)c2ccc(C)cn2)nc(-c2ccnc(-c3nn[nH]n3)c2)nc1OCCOC(=O)c1ccc(CON(O)O)cc1. The van der Waals surface area contributed by atoms with Crippen LogP contribution in [0.15, 0.2) is 90.2 Å². The van der Waals surface area contributed by atoms with Crippen molar-refractivity contribution in [2.75, 3.05) is 25.0 Å². The largest absolute Gasteiger partial charge is 0.493 e. The lowest BCUT2D eigenvalue weighted by molar-refractivity contribution is -0.497. The van der Waals surface area contributed by atoms with Gasteiger partial charge in [-0.1, -0.05) is 30.3 Å². The molecule has 54 heavy (non-hydrogen) atoms. The van der Waals surface area contributed by atoms with E-state index in [0.717, 1.165) is 5.56 Å². The number of carbonyl (C=O) groups excluding carboxylic acids is 1. The Morgan fingerprint density at radius 2 is 1.74 bits per heavy atom. The van der Waals surface area contributed by atoms with Gasteiger partial charge >= 0.3 is 5.97 Å². The van der Waals surface area contributed by atoms with Gasteiger partial charge in [-0.2, -0.15) is 18.6 Å². The average molecular weight is 759 g/mol. The molecule has 0 aliphatic carbocycles. The van der Waals surface area contributed by atoms with Crippen LogP contribution >= 0.6 is 0 Å². The van der Waals surface area contributed by atoms with Gasteiger partial charge in [0.25, 0.3) is 15.9 Å². The van der Waals surface area contributed by atoms with Crippen LogP contribution in [0.2, 0.25) is 0 Å². The molecule has 0 radical (unpaired) electrons. The van der Waals surface area contributed by atoms with Gasteiger partial charge in [0.05, 0.1) is 24.7 Å². The van der Waals surface area contributed by atoms with E-state index in [-0.39, 0.29) is 65.3 Å². The van der Waals surface area contributed by atoms with Crippen molar-refractivity contribution >= 4 is 21.8 Å². The van der Waals surface area contributed by atoms with Crippen LogP contribution < -0.4 is 18.9 Å². The summed E-state index contributed by atoms with van der Waals surface area (Å²) in [6.45, 7) is 1.07. The second-order valence-corrected chi connectivity index (χ2v) is 12.6. The Bertz CT molecular complexity index is 2310. The predicted octanol–water partition coefficient (Wildman–Crippen LogP) is 3.77. The first kappa shape index (κ1) is 37.1. The summed E-state index contributed by atoms with van der Waals surface area (Å²) in [5.74, 6) is -0.862. The van der Waals surface area contributed by atoms with Crippen molar-refractivity contribution in [3.8, 4) is 46.0 Å². The number of nitrogens with one attached hydrogen (secondary N) is 2. The van der Waals surface area contributed by atoms with Gasteiger partial charge in [-0.05, 0) is 65.7 Å². The summed E-state index contributed by atoms with van der Waals surface area (Å²) in [5.41, 5.74) is 2.16. The van der Waals surface area contributed by atoms with Gasteiger partial charge in [-0.3, -0.25) is 20.1 Å². The van der Waals surface area contributed by atoms with Gasteiger partial charge < -0.3 is 18.9 Å². The number of aromatic amines is 1. The number of hydrogen-bond acceptors (Lipinski definition) is 18. The van der Waals surface area contributed by atoms with E-state index in [1.54, 1.807) is 61.5 Å². The number of sulfonamides is 1. The summed E-state index contributed by atoms with van der Waals surface area (Å²) in [5, 5.41) is 30.6. The van der Waals surface area contributed by atoms with Crippen molar-refractivity contribution in [1.29, 1.82) is 0 Å². The first-order chi connectivity index (χ1) is 26.1. The van der Waals surface area contributed by atoms with E-state index in [1.165, 1.54) is 37.7 Å². The lowest BCUT2D eigenvalue weighted by Crippen LogP contribution is -2.18. The van der Waals surface area contributed by atoms with E-state index < -0.39 is 21.4 Å². The maximum absolute atomic E-state index is 13.7. The predicted molar refractivity (Wildman–Crippen MR) is 184 cm³/mol. The number of rotatable bonds is 16. The van der Waals surface area contributed by atoms with Crippen LogP contribution in [0.4, 0.5) is 5.82 Å². The summed E-state index contributed by atoms with van der Waals surface area (Å²) in [6.07, 6.45) is 2.86. The lowest BCUT2D eigenvalue weighted by Gasteiger charge is -2.18. The molecule has 0 atom stereocenters.